The number of amides is 1. The molecule has 1 aliphatic rings. The maximum atomic E-state index is 12.1. The second kappa shape index (κ2) is 4.28. The van der Waals surface area contributed by atoms with E-state index >= 15 is 0 Å². The van der Waals surface area contributed by atoms with Crippen LogP contribution in [0.25, 0.3) is 0 Å². The SMILES string of the molecule is CC(C)CC(=O)N1CC(C)c2ccccc21. The van der Waals surface area contributed by atoms with Crippen molar-refractivity contribution in [2.45, 2.75) is 33.1 Å². The summed E-state index contributed by atoms with van der Waals surface area (Å²) in [5.74, 6) is 1.15. The van der Waals surface area contributed by atoms with E-state index in [0.29, 0.717) is 18.3 Å². The lowest BCUT2D eigenvalue weighted by atomic mass is 10.0. The molecule has 0 spiro atoms. The summed E-state index contributed by atoms with van der Waals surface area (Å²) in [4.78, 5) is 14.0. The lowest BCUT2D eigenvalue weighted by Crippen LogP contribution is -2.30. The molecule has 0 bridgehead atoms. The van der Waals surface area contributed by atoms with Gasteiger partial charge in [0, 0.05) is 24.6 Å². The zero-order valence-electron chi connectivity index (χ0n) is 10.2. The molecule has 0 radical (unpaired) electrons. The highest BCUT2D eigenvalue weighted by molar-refractivity contribution is 5.95. The van der Waals surface area contributed by atoms with Crippen LogP contribution in [-0.4, -0.2) is 12.5 Å². The minimum atomic E-state index is 0.256. The number of rotatable bonds is 2. The lowest BCUT2D eigenvalue weighted by molar-refractivity contribution is -0.119. The van der Waals surface area contributed by atoms with Crippen LogP contribution in [0.1, 0.15) is 38.7 Å². The molecular formula is C14H19NO. The minimum Gasteiger partial charge on any atom is -0.312 e. The highest BCUT2D eigenvalue weighted by atomic mass is 16.2. The number of carbonyl (C=O) groups is 1. The molecule has 1 aliphatic heterocycles. The first kappa shape index (κ1) is 11.2. The number of para-hydroxylation sites is 1. The third-order valence-electron chi connectivity index (χ3n) is 3.10. The van der Waals surface area contributed by atoms with Crippen LogP contribution in [0.2, 0.25) is 0 Å². The molecule has 0 saturated heterocycles. The number of nitrogens with zero attached hydrogens (tertiary/aromatic N) is 1. The van der Waals surface area contributed by atoms with E-state index in [1.54, 1.807) is 0 Å². The van der Waals surface area contributed by atoms with E-state index in [1.165, 1.54) is 5.56 Å². The van der Waals surface area contributed by atoms with Gasteiger partial charge in [0.2, 0.25) is 5.91 Å². The van der Waals surface area contributed by atoms with Crippen molar-refractivity contribution in [1.82, 2.24) is 0 Å². The highest BCUT2D eigenvalue weighted by Gasteiger charge is 2.29. The summed E-state index contributed by atoms with van der Waals surface area (Å²) < 4.78 is 0. The number of carbonyl (C=O) groups excluding carboxylic acids is 1. The quantitative estimate of drug-likeness (QED) is 0.745. The molecule has 16 heavy (non-hydrogen) atoms. The van der Waals surface area contributed by atoms with Crippen molar-refractivity contribution in [2.75, 3.05) is 11.4 Å². The first-order valence-corrected chi connectivity index (χ1v) is 5.99. The van der Waals surface area contributed by atoms with Crippen LogP contribution in [0.5, 0.6) is 0 Å². The van der Waals surface area contributed by atoms with E-state index in [9.17, 15) is 4.79 Å². The zero-order valence-corrected chi connectivity index (χ0v) is 10.2. The van der Waals surface area contributed by atoms with Gasteiger partial charge in [0.05, 0.1) is 0 Å². The minimum absolute atomic E-state index is 0.256. The Morgan fingerprint density at radius 2 is 2.12 bits per heavy atom. The first-order valence-electron chi connectivity index (χ1n) is 5.99. The molecule has 1 aromatic carbocycles. The predicted octanol–water partition coefficient (Wildman–Crippen LogP) is 3.18. The van der Waals surface area contributed by atoms with Gasteiger partial charge in [-0.15, -0.1) is 0 Å². The molecule has 0 fully saturated rings. The second-order valence-electron chi connectivity index (χ2n) is 5.06. The molecule has 1 aromatic rings. The molecule has 1 heterocycles. The summed E-state index contributed by atoms with van der Waals surface area (Å²) >= 11 is 0. The predicted molar refractivity (Wildman–Crippen MR) is 66.7 cm³/mol. The van der Waals surface area contributed by atoms with Gasteiger partial charge < -0.3 is 4.90 Å². The number of fused-ring (bicyclic) bond motifs is 1. The smallest absolute Gasteiger partial charge is 0.227 e. The maximum absolute atomic E-state index is 12.1. The van der Waals surface area contributed by atoms with Gasteiger partial charge in [-0.05, 0) is 17.5 Å². The van der Waals surface area contributed by atoms with Crippen LogP contribution in [0.4, 0.5) is 5.69 Å². The summed E-state index contributed by atoms with van der Waals surface area (Å²) in [5, 5.41) is 0. The fourth-order valence-corrected chi connectivity index (χ4v) is 2.32. The first-order chi connectivity index (χ1) is 7.59. The molecule has 0 aliphatic carbocycles. The van der Waals surface area contributed by atoms with Gasteiger partial charge in [-0.3, -0.25) is 4.79 Å². The van der Waals surface area contributed by atoms with Crippen LogP contribution in [0.3, 0.4) is 0 Å². The number of benzene rings is 1. The van der Waals surface area contributed by atoms with E-state index in [-0.39, 0.29) is 5.91 Å². The average molecular weight is 217 g/mol. The van der Waals surface area contributed by atoms with Crippen molar-refractivity contribution in [3.63, 3.8) is 0 Å². The molecule has 2 heteroatoms. The van der Waals surface area contributed by atoms with E-state index in [0.717, 1.165) is 12.2 Å². The Morgan fingerprint density at radius 1 is 1.44 bits per heavy atom. The molecule has 1 unspecified atom stereocenters. The Labute approximate surface area is 97.3 Å². The molecule has 86 valence electrons. The van der Waals surface area contributed by atoms with Crippen molar-refractivity contribution in [1.29, 1.82) is 0 Å². The van der Waals surface area contributed by atoms with Crippen molar-refractivity contribution in [2.24, 2.45) is 5.92 Å². The van der Waals surface area contributed by atoms with Gasteiger partial charge in [0.1, 0.15) is 0 Å². The summed E-state index contributed by atoms with van der Waals surface area (Å²) in [6, 6.07) is 8.23. The van der Waals surface area contributed by atoms with Gasteiger partial charge >= 0.3 is 0 Å². The fourth-order valence-electron chi connectivity index (χ4n) is 2.32. The zero-order chi connectivity index (χ0) is 11.7. The Balaban J connectivity index is 2.23. The van der Waals surface area contributed by atoms with Crippen LogP contribution < -0.4 is 4.90 Å². The molecule has 1 atom stereocenters. The van der Waals surface area contributed by atoms with E-state index in [2.05, 4.69) is 32.9 Å². The Hall–Kier alpha value is -1.31. The summed E-state index contributed by atoms with van der Waals surface area (Å²) in [5.41, 5.74) is 2.42. The van der Waals surface area contributed by atoms with Gasteiger partial charge in [-0.2, -0.15) is 0 Å². The van der Waals surface area contributed by atoms with E-state index < -0.39 is 0 Å². The normalized spacial score (nSPS) is 19.0. The van der Waals surface area contributed by atoms with Crippen LogP contribution >= 0.6 is 0 Å². The molecule has 0 saturated carbocycles. The molecule has 0 N–H and O–H groups in total. The monoisotopic (exact) mass is 217 g/mol. The molecule has 2 nitrogen and oxygen atoms in total. The topological polar surface area (TPSA) is 20.3 Å². The van der Waals surface area contributed by atoms with E-state index in [4.69, 9.17) is 0 Å². The van der Waals surface area contributed by atoms with Crippen molar-refractivity contribution in [3.05, 3.63) is 29.8 Å². The fraction of sp³-hybridized carbons (Fsp3) is 0.500. The third kappa shape index (κ3) is 1.97. The highest BCUT2D eigenvalue weighted by Crippen LogP contribution is 2.36. The third-order valence-corrected chi connectivity index (χ3v) is 3.10. The molecule has 0 aromatic heterocycles. The number of hydrogen-bond acceptors (Lipinski definition) is 1. The summed E-state index contributed by atoms with van der Waals surface area (Å²) in [6.45, 7) is 7.19. The lowest BCUT2D eigenvalue weighted by Gasteiger charge is -2.18. The van der Waals surface area contributed by atoms with Gasteiger partial charge in [-0.1, -0.05) is 39.0 Å². The maximum Gasteiger partial charge on any atom is 0.227 e. The summed E-state index contributed by atoms with van der Waals surface area (Å²) in [7, 11) is 0. The molecule has 1 amide bonds. The Kier molecular flexibility index (Phi) is 2.99. The van der Waals surface area contributed by atoms with Gasteiger partial charge in [0.15, 0.2) is 0 Å². The number of anilines is 1. The van der Waals surface area contributed by atoms with E-state index in [1.807, 2.05) is 17.0 Å². The largest absolute Gasteiger partial charge is 0.312 e. The molecule has 2 rings (SSSR count). The molecular weight excluding hydrogens is 198 g/mol. The Bertz CT molecular complexity index is 397. The van der Waals surface area contributed by atoms with Crippen molar-refractivity contribution >= 4 is 11.6 Å². The summed E-state index contributed by atoms with van der Waals surface area (Å²) in [6.07, 6.45) is 0.640. The van der Waals surface area contributed by atoms with Gasteiger partial charge in [-0.25, -0.2) is 0 Å². The van der Waals surface area contributed by atoms with Crippen LogP contribution in [-0.2, 0) is 4.79 Å². The van der Waals surface area contributed by atoms with Gasteiger partial charge in [0.25, 0.3) is 0 Å². The van der Waals surface area contributed by atoms with Crippen molar-refractivity contribution < 1.29 is 4.79 Å². The van der Waals surface area contributed by atoms with Crippen molar-refractivity contribution in [3.8, 4) is 0 Å². The standard InChI is InChI=1S/C14H19NO/c1-10(2)8-14(16)15-9-11(3)12-6-4-5-7-13(12)15/h4-7,10-11H,8-9H2,1-3H3. The number of hydrogen-bond donors (Lipinski definition) is 0. The Morgan fingerprint density at radius 3 is 2.81 bits per heavy atom. The average Bonchev–Trinajstić information content (AvgIpc) is 2.56. The van der Waals surface area contributed by atoms with Crippen LogP contribution in [0.15, 0.2) is 24.3 Å². The van der Waals surface area contributed by atoms with Crippen LogP contribution in [0, 0.1) is 5.92 Å². The second-order valence-corrected chi connectivity index (χ2v) is 5.06.